The Morgan fingerprint density at radius 1 is 1.24 bits per heavy atom. The summed E-state index contributed by atoms with van der Waals surface area (Å²) in [6.45, 7) is 3.09. The van der Waals surface area contributed by atoms with Crippen LogP contribution < -0.4 is 0 Å². The van der Waals surface area contributed by atoms with Crippen LogP contribution in [0.15, 0.2) is 34.9 Å². The maximum absolute atomic E-state index is 12.1. The quantitative estimate of drug-likeness (QED) is 0.748. The molecule has 1 aromatic carbocycles. The molecule has 25 heavy (non-hydrogen) atoms. The fourth-order valence-corrected chi connectivity index (χ4v) is 2.77. The van der Waals surface area contributed by atoms with Crippen LogP contribution in [-0.2, 0) is 20.7 Å². The van der Waals surface area contributed by atoms with Crippen molar-refractivity contribution in [3.8, 4) is 11.4 Å². The van der Waals surface area contributed by atoms with Gasteiger partial charge in [0.05, 0.1) is 6.42 Å². The monoisotopic (exact) mass is 343 g/mol. The van der Waals surface area contributed by atoms with Gasteiger partial charge in [-0.2, -0.15) is 4.98 Å². The number of carbonyl (C=O) groups is 2. The van der Waals surface area contributed by atoms with Gasteiger partial charge in [-0.1, -0.05) is 35.5 Å². The van der Waals surface area contributed by atoms with Gasteiger partial charge >= 0.3 is 5.97 Å². The minimum atomic E-state index is -0.756. The van der Waals surface area contributed by atoms with Crippen molar-refractivity contribution in [3.63, 3.8) is 0 Å². The number of esters is 1. The van der Waals surface area contributed by atoms with E-state index in [4.69, 9.17) is 9.26 Å². The van der Waals surface area contributed by atoms with E-state index in [1.54, 1.807) is 11.8 Å². The number of likely N-dealkylation sites (tertiary alicyclic amines) is 1. The predicted molar refractivity (Wildman–Crippen MR) is 89.4 cm³/mol. The minimum absolute atomic E-state index is 0.0913. The van der Waals surface area contributed by atoms with Crippen LogP contribution in [0.3, 0.4) is 0 Å². The van der Waals surface area contributed by atoms with Crippen molar-refractivity contribution in [3.05, 3.63) is 36.2 Å². The summed E-state index contributed by atoms with van der Waals surface area (Å²) in [5.74, 6) is 0.283. The molecule has 3 rings (SSSR count). The second-order valence-corrected chi connectivity index (χ2v) is 6.04. The molecule has 1 atom stereocenters. The third kappa shape index (κ3) is 4.43. The number of aryl methyl sites for hydroxylation is 1. The maximum Gasteiger partial charge on any atom is 0.307 e. The first kappa shape index (κ1) is 17.1. The largest absolute Gasteiger partial charge is 0.453 e. The lowest BCUT2D eigenvalue weighted by Gasteiger charge is -2.20. The third-order valence-corrected chi connectivity index (χ3v) is 4.12. The average Bonchev–Trinajstić information content (AvgIpc) is 3.32. The van der Waals surface area contributed by atoms with Gasteiger partial charge in [0.15, 0.2) is 6.10 Å². The molecule has 0 spiro atoms. The summed E-state index contributed by atoms with van der Waals surface area (Å²) < 4.78 is 10.4. The molecular formula is C18H21N3O4. The van der Waals surface area contributed by atoms with Crippen molar-refractivity contribution in [1.82, 2.24) is 15.0 Å². The van der Waals surface area contributed by atoms with Crippen LogP contribution in [0.5, 0.6) is 0 Å². The Morgan fingerprint density at radius 3 is 2.68 bits per heavy atom. The standard InChI is InChI=1S/C18H21N3O4/c1-13(18(23)21-11-5-6-12-21)24-16(22)10-9-15-19-17(20-25-15)14-7-3-2-4-8-14/h2-4,7-8,13H,5-6,9-12H2,1H3. The normalized spacial score (nSPS) is 15.2. The second kappa shape index (κ2) is 7.92. The van der Waals surface area contributed by atoms with Crippen molar-refractivity contribution < 1.29 is 18.8 Å². The molecule has 0 bridgehead atoms. The van der Waals surface area contributed by atoms with Crippen LogP contribution in [0.2, 0.25) is 0 Å². The molecule has 2 heterocycles. The molecule has 7 heteroatoms. The average molecular weight is 343 g/mol. The lowest BCUT2D eigenvalue weighted by Crippen LogP contribution is -2.38. The Morgan fingerprint density at radius 2 is 1.96 bits per heavy atom. The molecule has 0 saturated carbocycles. The smallest absolute Gasteiger partial charge is 0.307 e. The summed E-state index contributed by atoms with van der Waals surface area (Å²) in [6.07, 6.45) is 1.63. The summed E-state index contributed by atoms with van der Waals surface area (Å²) in [5.41, 5.74) is 0.852. The first-order valence-corrected chi connectivity index (χ1v) is 8.50. The number of hydrogen-bond donors (Lipinski definition) is 0. The summed E-state index contributed by atoms with van der Waals surface area (Å²) in [7, 11) is 0. The zero-order chi connectivity index (χ0) is 17.6. The molecule has 1 fully saturated rings. The van der Waals surface area contributed by atoms with Gasteiger partial charge in [-0.15, -0.1) is 0 Å². The number of hydrogen-bond acceptors (Lipinski definition) is 6. The molecule has 1 amide bonds. The maximum atomic E-state index is 12.1. The zero-order valence-electron chi connectivity index (χ0n) is 14.2. The zero-order valence-corrected chi connectivity index (χ0v) is 14.2. The van der Waals surface area contributed by atoms with Crippen molar-refractivity contribution in [2.75, 3.05) is 13.1 Å². The van der Waals surface area contributed by atoms with E-state index in [0.29, 0.717) is 11.7 Å². The highest BCUT2D eigenvalue weighted by Gasteiger charge is 2.26. The van der Waals surface area contributed by atoms with E-state index >= 15 is 0 Å². The SMILES string of the molecule is CC(OC(=O)CCc1nc(-c2ccccc2)no1)C(=O)N1CCCC1. The second-order valence-electron chi connectivity index (χ2n) is 6.04. The highest BCUT2D eigenvalue weighted by molar-refractivity contribution is 5.83. The van der Waals surface area contributed by atoms with E-state index in [0.717, 1.165) is 31.5 Å². The molecule has 0 radical (unpaired) electrons. The molecule has 1 aliphatic heterocycles. The van der Waals surface area contributed by atoms with Crippen molar-refractivity contribution in [2.45, 2.75) is 38.7 Å². The molecule has 2 aromatic rings. The third-order valence-electron chi connectivity index (χ3n) is 4.12. The predicted octanol–water partition coefficient (Wildman–Crippen LogP) is 2.22. The molecule has 1 aromatic heterocycles. The molecule has 0 aliphatic carbocycles. The van der Waals surface area contributed by atoms with E-state index < -0.39 is 12.1 Å². The summed E-state index contributed by atoms with van der Waals surface area (Å²) >= 11 is 0. The van der Waals surface area contributed by atoms with E-state index in [9.17, 15) is 9.59 Å². The van der Waals surface area contributed by atoms with Crippen LogP contribution in [0.25, 0.3) is 11.4 Å². The number of nitrogens with zero attached hydrogens (tertiary/aromatic N) is 3. The van der Waals surface area contributed by atoms with Crippen LogP contribution >= 0.6 is 0 Å². The molecule has 1 unspecified atom stereocenters. The lowest BCUT2D eigenvalue weighted by atomic mass is 10.2. The molecule has 1 aliphatic rings. The fourth-order valence-electron chi connectivity index (χ4n) is 2.77. The van der Waals surface area contributed by atoms with Gasteiger partial charge in [-0.25, -0.2) is 0 Å². The van der Waals surface area contributed by atoms with Gasteiger partial charge in [0, 0.05) is 25.1 Å². The molecule has 1 saturated heterocycles. The first-order valence-electron chi connectivity index (χ1n) is 8.50. The number of ether oxygens (including phenoxy) is 1. The van der Waals surface area contributed by atoms with E-state index in [-0.39, 0.29) is 18.7 Å². The van der Waals surface area contributed by atoms with Crippen molar-refractivity contribution in [2.24, 2.45) is 0 Å². The molecule has 132 valence electrons. The summed E-state index contributed by atoms with van der Waals surface area (Å²) in [6, 6.07) is 9.46. The minimum Gasteiger partial charge on any atom is -0.453 e. The Balaban J connectivity index is 1.47. The van der Waals surface area contributed by atoms with E-state index in [1.165, 1.54) is 0 Å². The van der Waals surface area contributed by atoms with Gasteiger partial charge in [-0.3, -0.25) is 9.59 Å². The highest BCUT2D eigenvalue weighted by Crippen LogP contribution is 2.16. The summed E-state index contributed by atoms with van der Waals surface area (Å²) in [5, 5.41) is 3.91. The van der Waals surface area contributed by atoms with Crippen LogP contribution in [0.1, 0.15) is 32.1 Å². The first-order chi connectivity index (χ1) is 12.1. The van der Waals surface area contributed by atoms with E-state index in [1.807, 2.05) is 30.3 Å². The number of carbonyl (C=O) groups excluding carboxylic acids is 2. The van der Waals surface area contributed by atoms with Crippen LogP contribution in [0.4, 0.5) is 0 Å². The number of amides is 1. The Kier molecular flexibility index (Phi) is 5.42. The van der Waals surface area contributed by atoms with Gasteiger partial charge < -0.3 is 14.2 Å². The number of benzene rings is 1. The van der Waals surface area contributed by atoms with Gasteiger partial charge in [0.25, 0.3) is 5.91 Å². The van der Waals surface area contributed by atoms with Gasteiger partial charge in [-0.05, 0) is 19.8 Å². The number of aromatic nitrogens is 2. The van der Waals surface area contributed by atoms with Crippen LogP contribution in [-0.4, -0.2) is 46.1 Å². The highest BCUT2D eigenvalue weighted by atomic mass is 16.5. The van der Waals surface area contributed by atoms with Crippen molar-refractivity contribution >= 4 is 11.9 Å². The Bertz CT molecular complexity index is 723. The van der Waals surface area contributed by atoms with E-state index in [2.05, 4.69) is 10.1 Å². The van der Waals surface area contributed by atoms with Gasteiger partial charge in [0.1, 0.15) is 0 Å². The number of rotatable bonds is 6. The molecule has 0 N–H and O–H groups in total. The fraction of sp³-hybridized carbons (Fsp3) is 0.444. The van der Waals surface area contributed by atoms with Gasteiger partial charge in [0.2, 0.25) is 11.7 Å². The topological polar surface area (TPSA) is 85.5 Å². The Labute approximate surface area is 146 Å². The lowest BCUT2D eigenvalue weighted by molar-refractivity contribution is -0.158. The van der Waals surface area contributed by atoms with Crippen LogP contribution in [0, 0.1) is 0 Å². The summed E-state index contributed by atoms with van der Waals surface area (Å²) in [4.78, 5) is 30.1. The molecular weight excluding hydrogens is 322 g/mol. The molecule has 7 nitrogen and oxygen atoms in total. The Hall–Kier alpha value is -2.70. The van der Waals surface area contributed by atoms with Crippen molar-refractivity contribution in [1.29, 1.82) is 0 Å².